The van der Waals surface area contributed by atoms with E-state index in [9.17, 15) is 0 Å². The van der Waals surface area contributed by atoms with Crippen molar-refractivity contribution in [1.29, 1.82) is 0 Å². The SMILES string of the molecule is CCCCCCCCC1(CCCCCCCC)c2cc(C)ccc2-c2ccc(C)cc21.Cc1ccc(N(c2ccccc2)c2ccc(C)cc2)cc1.Cc1ccccc1. The molecule has 1 aliphatic carbocycles. The van der Waals surface area contributed by atoms with E-state index in [2.05, 4.69) is 175 Å². The van der Waals surface area contributed by atoms with Crippen molar-refractivity contribution in [2.45, 2.75) is 144 Å². The van der Waals surface area contributed by atoms with Crippen LogP contribution in [0.25, 0.3) is 11.1 Å². The Morgan fingerprint density at radius 2 is 0.678 bits per heavy atom. The highest BCUT2D eigenvalue weighted by molar-refractivity contribution is 5.82. The Hall–Kier alpha value is -4.88. The van der Waals surface area contributed by atoms with Crippen molar-refractivity contribution >= 4 is 17.1 Å². The van der Waals surface area contributed by atoms with Crippen molar-refractivity contribution < 1.29 is 0 Å². The smallest absolute Gasteiger partial charge is 0.0461 e. The molecule has 0 amide bonds. The number of hydrogen-bond acceptors (Lipinski definition) is 1. The van der Waals surface area contributed by atoms with Gasteiger partial charge >= 0.3 is 0 Å². The predicted octanol–water partition coefficient (Wildman–Crippen LogP) is 17.8. The van der Waals surface area contributed by atoms with E-state index in [-0.39, 0.29) is 5.41 Å². The molecule has 0 N–H and O–H groups in total. The lowest BCUT2D eigenvalue weighted by molar-refractivity contribution is 0.397. The number of para-hydroxylation sites is 1. The minimum Gasteiger partial charge on any atom is -0.311 e. The first-order valence-electron chi connectivity index (χ1n) is 23.0. The maximum Gasteiger partial charge on any atom is 0.0461 e. The fourth-order valence-electron chi connectivity index (χ4n) is 8.75. The minimum atomic E-state index is 0.234. The zero-order chi connectivity index (χ0) is 41.9. The standard InChI is InChI=1S/C31H46.C20H19N.C7H8/c1-5-7-9-11-13-15-21-31(22-16-14-12-10-8-6-2)29-23-25(3)17-19-27(29)28-20-18-26(4)24-30(28)31;1-16-8-12-19(13-9-16)21(18-6-4-3-5-7-18)20-14-10-17(2)11-15-20;1-7-5-3-2-4-6-7/h17-20,23-24H,5-16,21-22H2,1-4H3;3-15H,1-2H3;2-6H,1H3. The summed E-state index contributed by atoms with van der Waals surface area (Å²) in [5.74, 6) is 0. The van der Waals surface area contributed by atoms with E-state index < -0.39 is 0 Å². The van der Waals surface area contributed by atoms with Crippen LogP contribution in [0.2, 0.25) is 0 Å². The van der Waals surface area contributed by atoms with Gasteiger partial charge < -0.3 is 4.90 Å². The van der Waals surface area contributed by atoms with E-state index in [1.807, 2.05) is 24.3 Å². The Labute approximate surface area is 360 Å². The molecule has 0 radical (unpaired) electrons. The number of anilines is 3. The summed E-state index contributed by atoms with van der Waals surface area (Å²) < 4.78 is 0. The molecular formula is C58H73N. The Kier molecular flexibility index (Phi) is 18.1. The second-order valence-corrected chi connectivity index (χ2v) is 17.2. The third-order valence-electron chi connectivity index (χ3n) is 12.1. The number of aryl methyl sites for hydroxylation is 5. The third-order valence-corrected chi connectivity index (χ3v) is 12.1. The van der Waals surface area contributed by atoms with Crippen LogP contribution in [0.3, 0.4) is 0 Å². The molecule has 0 saturated carbocycles. The molecule has 6 aromatic rings. The quantitative estimate of drug-likeness (QED) is 0.0833. The second-order valence-electron chi connectivity index (χ2n) is 17.2. The monoisotopic (exact) mass is 784 g/mol. The summed E-state index contributed by atoms with van der Waals surface area (Å²) in [4.78, 5) is 2.28. The zero-order valence-corrected chi connectivity index (χ0v) is 37.7. The Morgan fingerprint density at radius 3 is 1.07 bits per heavy atom. The highest BCUT2D eigenvalue weighted by Gasteiger charge is 2.42. The van der Waals surface area contributed by atoms with Gasteiger partial charge in [0.15, 0.2) is 0 Å². The van der Waals surface area contributed by atoms with Crippen LogP contribution < -0.4 is 4.90 Å². The van der Waals surface area contributed by atoms with Crippen LogP contribution in [0.15, 0.2) is 146 Å². The largest absolute Gasteiger partial charge is 0.311 e. The molecule has 0 atom stereocenters. The molecular weight excluding hydrogens is 711 g/mol. The van der Waals surface area contributed by atoms with Crippen molar-refractivity contribution in [1.82, 2.24) is 0 Å². The molecule has 1 heteroatoms. The summed E-state index contributed by atoms with van der Waals surface area (Å²) >= 11 is 0. The van der Waals surface area contributed by atoms with Crippen LogP contribution in [-0.2, 0) is 5.41 Å². The van der Waals surface area contributed by atoms with Gasteiger partial charge in [-0.05, 0) is 106 Å². The van der Waals surface area contributed by atoms with Gasteiger partial charge in [0.25, 0.3) is 0 Å². The van der Waals surface area contributed by atoms with Crippen molar-refractivity contribution in [2.24, 2.45) is 0 Å². The van der Waals surface area contributed by atoms with Gasteiger partial charge in [0.05, 0.1) is 0 Å². The first-order valence-corrected chi connectivity index (χ1v) is 23.0. The first-order chi connectivity index (χ1) is 28.8. The molecule has 0 aliphatic heterocycles. The molecule has 0 saturated heterocycles. The fourth-order valence-corrected chi connectivity index (χ4v) is 8.75. The van der Waals surface area contributed by atoms with Crippen molar-refractivity contribution in [3.63, 3.8) is 0 Å². The average Bonchev–Trinajstić information content (AvgIpc) is 3.50. The van der Waals surface area contributed by atoms with E-state index >= 15 is 0 Å². The van der Waals surface area contributed by atoms with Crippen molar-refractivity contribution in [3.05, 3.63) is 185 Å². The van der Waals surface area contributed by atoms with Crippen molar-refractivity contribution in [3.8, 4) is 11.1 Å². The van der Waals surface area contributed by atoms with Gasteiger partial charge in [-0.1, -0.05) is 228 Å². The van der Waals surface area contributed by atoms with Crippen LogP contribution in [0, 0.1) is 34.6 Å². The summed E-state index contributed by atoms with van der Waals surface area (Å²) in [6.07, 6.45) is 19.2. The van der Waals surface area contributed by atoms with Crippen molar-refractivity contribution in [2.75, 3.05) is 4.90 Å². The van der Waals surface area contributed by atoms with Gasteiger partial charge in [-0.3, -0.25) is 0 Å². The van der Waals surface area contributed by atoms with Gasteiger partial charge in [-0.2, -0.15) is 0 Å². The summed E-state index contributed by atoms with van der Waals surface area (Å²) in [6, 6.07) is 52.5. The van der Waals surface area contributed by atoms with Crippen LogP contribution >= 0.6 is 0 Å². The highest BCUT2D eigenvalue weighted by atomic mass is 15.1. The van der Waals surface area contributed by atoms with Crippen LogP contribution in [-0.4, -0.2) is 0 Å². The summed E-state index contributed by atoms with van der Waals surface area (Å²) in [5, 5.41) is 0. The zero-order valence-electron chi connectivity index (χ0n) is 37.7. The van der Waals surface area contributed by atoms with E-state index in [0.717, 1.165) is 0 Å². The number of rotatable bonds is 17. The molecule has 0 bridgehead atoms. The van der Waals surface area contributed by atoms with E-state index in [1.54, 1.807) is 11.1 Å². The van der Waals surface area contributed by atoms with E-state index in [1.165, 1.54) is 146 Å². The predicted molar refractivity (Wildman–Crippen MR) is 260 cm³/mol. The Morgan fingerprint density at radius 1 is 0.339 bits per heavy atom. The number of benzene rings is 6. The molecule has 6 aromatic carbocycles. The minimum absolute atomic E-state index is 0.234. The van der Waals surface area contributed by atoms with Gasteiger partial charge in [0, 0.05) is 22.5 Å². The van der Waals surface area contributed by atoms with Gasteiger partial charge in [-0.15, -0.1) is 0 Å². The molecule has 310 valence electrons. The van der Waals surface area contributed by atoms with Crippen LogP contribution in [0.4, 0.5) is 17.1 Å². The molecule has 59 heavy (non-hydrogen) atoms. The van der Waals surface area contributed by atoms with Crippen LogP contribution in [0.5, 0.6) is 0 Å². The molecule has 0 heterocycles. The van der Waals surface area contributed by atoms with Gasteiger partial charge in [-0.25, -0.2) is 0 Å². The number of nitrogens with zero attached hydrogens (tertiary/aromatic N) is 1. The second kappa shape index (κ2) is 23.6. The molecule has 0 spiro atoms. The lowest BCUT2D eigenvalue weighted by atomic mass is 9.70. The number of fused-ring (bicyclic) bond motifs is 3. The normalized spacial score (nSPS) is 12.1. The summed E-state index contributed by atoms with van der Waals surface area (Å²) in [6.45, 7) is 15.5. The lowest BCUT2D eigenvalue weighted by Gasteiger charge is -2.33. The number of hydrogen-bond donors (Lipinski definition) is 0. The molecule has 7 rings (SSSR count). The molecule has 0 unspecified atom stereocenters. The Balaban J connectivity index is 0.000000201. The fraction of sp³-hybridized carbons (Fsp3) is 0.379. The first kappa shape index (κ1) is 45.2. The maximum absolute atomic E-state index is 2.53. The average molecular weight is 784 g/mol. The van der Waals surface area contributed by atoms with E-state index in [0.29, 0.717) is 0 Å². The Bertz CT molecular complexity index is 1960. The molecule has 1 nitrogen and oxygen atoms in total. The molecule has 0 aromatic heterocycles. The third kappa shape index (κ3) is 13.1. The highest BCUT2D eigenvalue weighted by Crippen LogP contribution is 2.54. The molecule has 0 fully saturated rings. The van der Waals surface area contributed by atoms with Gasteiger partial charge in [0.1, 0.15) is 0 Å². The number of unbranched alkanes of at least 4 members (excludes halogenated alkanes) is 10. The summed E-state index contributed by atoms with van der Waals surface area (Å²) in [5.41, 5.74) is 16.8. The summed E-state index contributed by atoms with van der Waals surface area (Å²) in [7, 11) is 0. The van der Waals surface area contributed by atoms with Crippen LogP contribution in [0.1, 0.15) is 143 Å². The van der Waals surface area contributed by atoms with Gasteiger partial charge in [0.2, 0.25) is 0 Å². The maximum atomic E-state index is 2.53. The topological polar surface area (TPSA) is 3.24 Å². The lowest BCUT2D eigenvalue weighted by Crippen LogP contribution is -2.25. The molecule has 1 aliphatic rings. The van der Waals surface area contributed by atoms with E-state index in [4.69, 9.17) is 0 Å².